The quantitative estimate of drug-likeness (QED) is 0.555. The average Bonchev–Trinajstić information content (AvgIpc) is 3.27. The summed E-state index contributed by atoms with van der Waals surface area (Å²) in [4.78, 5) is 35.9. The molecule has 0 spiro atoms. The predicted octanol–water partition coefficient (Wildman–Crippen LogP) is 3.23. The van der Waals surface area contributed by atoms with Gasteiger partial charge in [0.2, 0.25) is 5.91 Å². The number of halogens is 1. The van der Waals surface area contributed by atoms with Gasteiger partial charge in [-0.15, -0.1) is 0 Å². The van der Waals surface area contributed by atoms with Crippen LogP contribution in [0.4, 0.5) is 5.69 Å². The van der Waals surface area contributed by atoms with Gasteiger partial charge in [0.05, 0.1) is 23.4 Å². The van der Waals surface area contributed by atoms with E-state index in [1.165, 1.54) is 6.26 Å². The van der Waals surface area contributed by atoms with Crippen LogP contribution in [0, 0.1) is 0 Å². The molecule has 0 aliphatic rings. The van der Waals surface area contributed by atoms with Crippen molar-refractivity contribution in [2.45, 2.75) is 6.54 Å². The van der Waals surface area contributed by atoms with Crippen molar-refractivity contribution >= 4 is 35.0 Å². The summed E-state index contributed by atoms with van der Waals surface area (Å²) < 4.78 is 5.03. The highest BCUT2D eigenvalue weighted by molar-refractivity contribution is 6.33. The highest BCUT2D eigenvalue weighted by atomic mass is 35.5. The molecular formula is C21H18ClN3O4. The van der Waals surface area contributed by atoms with Gasteiger partial charge in [-0.05, 0) is 42.0 Å². The van der Waals surface area contributed by atoms with Crippen LogP contribution in [0.3, 0.4) is 0 Å². The SMILES string of the molecule is O=C(CNC(=O)c1ccccc1Cl)NCc1ccc(NC(=O)c2ccco2)cc1. The Kier molecular flexibility index (Phi) is 6.65. The summed E-state index contributed by atoms with van der Waals surface area (Å²) in [7, 11) is 0. The van der Waals surface area contributed by atoms with Gasteiger partial charge in [0, 0.05) is 12.2 Å². The molecule has 29 heavy (non-hydrogen) atoms. The monoisotopic (exact) mass is 411 g/mol. The van der Waals surface area contributed by atoms with Gasteiger partial charge in [0.1, 0.15) is 0 Å². The van der Waals surface area contributed by atoms with Crippen molar-refractivity contribution < 1.29 is 18.8 Å². The molecule has 2 aromatic carbocycles. The maximum atomic E-state index is 12.0. The Hall–Kier alpha value is -3.58. The molecule has 0 aliphatic carbocycles. The maximum Gasteiger partial charge on any atom is 0.291 e. The molecule has 0 saturated carbocycles. The van der Waals surface area contributed by atoms with E-state index in [-0.39, 0.29) is 30.7 Å². The van der Waals surface area contributed by atoms with Crippen molar-refractivity contribution in [2.24, 2.45) is 0 Å². The molecule has 0 unspecified atom stereocenters. The van der Waals surface area contributed by atoms with Crippen LogP contribution in [0.1, 0.15) is 26.5 Å². The topological polar surface area (TPSA) is 100 Å². The summed E-state index contributed by atoms with van der Waals surface area (Å²) in [6, 6.07) is 16.8. The lowest BCUT2D eigenvalue weighted by atomic mass is 10.2. The van der Waals surface area contributed by atoms with Crippen LogP contribution in [-0.4, -0.2) is 24.3 Å². The second-order valence-corrected chi connectivity index (χ2v) is 6.47. The molecule has 3 amide bonds. The van der Waals surface area contributed by atoms with Crippen LogP contribution in [-0.2, 0) is 11.3 Å². The Balaban J connectivity index is 1.43. The summed E-state index contributed by atoms with van der Waals surface area (Å²) in [5.74, 6) is -0.867. The van der Waals surface area contributed by atoms with Gasteiger partial charge >= 0.3 is 0 Å². The Morgan fingerprint density at radius 3 is 2.31 bits per heavy atom. The van der Waals surface area contributed by atoms with Crippen LogP contribution in [0.5, 0.6) is 0 Å². The third-order valence-electron chi connectivity index (χ3n) is 3.97. The molecule has 1 heterocycles. The molecule has 0 saturated heterocycles. The zero-order valence-electron chi connectivity index (χ0n) is 15.3. The first-order chi connectivity index (χ1) is 14.0. The summed E-state index contributed by atoms with van der Waals surface area (Å²) in [5, 5.41) is 8.28. The molecule has 1 aromatic heterocycles. The van der Waals surface area contributed by atoms with Gasteiger partial charge in [-0.1, -0.05) is 35.9 Å². The van der Waals surface area contributed by atoms with E-state index in [4.69, 9.17) is 16.0 Å². The van der Waals surface area contributed by atoms with Crippen molar-refractivity contribution in [1.82, 2.24) is 10.6 Å². The van der Waals surface area contributed by atoms with Crippen molar-refractivity contribution in [3.05, 3.63) is 88.8 Å². The van der Waals surface area contributed by atoms with E-state index >= 15 is 0 Å². The van der Waals surface area contributed by atoms with E-state index in [1.807, 2.05) is 0 Å². The fourth-order valence-electron chi connectivity index (χ4n) is 2.47. The molecule has 3 aromatic rings. The number of amides is 3. The lowest BCUT2D eigenvalue weighted by molar-refractivity contribution is -0.120. The standard InChI is InChI=1S/C21H18ClN3O4/c22-17-5-2-1-4-16(17)20(27)24-13-19(26)23-12-14-7-9-15(10-8-14)25-21(28)18-6-3-11-29-18/h1-11H,12-13H2,(H,23,26)(H,24,27)(H,25,28). The number of rotatable bonds is 7. The molecule has 3 N–H and O–H groups in total. The smallest absolute Gasteiger partial charge is 0.291 e. The molecule has 3 rings (SSSR count). The molecule has 0 atom stereocenters. The van der Waals surface area contributed by atoms with Gasteiger partial charge in [0.15, 0.2) is 5.76 Å². The lowest BCUT2D eigenvalue weighted by Crippen LogP contribution is -2.36. The van der Waals surface area contributed by atoms with Gasteiger partial charge in [-0.3, -0.25) is 14.4 Å². The minimum Gasteiger partial charge on any atom is -0.459 e. The Labute approximate surface area is 172 Å². The number of furan rings is 1. The predicted molar refractivity (Wildman–Crippen MR) is 109 cm³/mol. The largest absolute Gasteiger partial charge is 0.459 e. The fourth-order valence-corrected chi connectivity index (χ4v) is 2.69. The molecule has 0 aliphatic heterocycles. The van der Waals surface area contributed by atoms with Gasteiger partial charge < -0.3 is 20.4 Å². The zero-order valence-corrected chi connectivity index (χ0v) is 16.0. The molecular weight excluding hydrogens is 394 g/mol. The Bertz CT molecular complexity index is 1000. The van der Waals surface area contributed by atoms with Crippen molar-refractivity contribution in [2.75, 3.05) is 11.9 Å². The molecule has 0 radical (unpaired) electrons. The molecule has 148 valence electrons. The summed E-state index contributed by atoms with van der Waals surface area (Å²) >= 11 is 5.96. The zero-order chi connectivity index (χ0) is 20.6. The molecule has 8 heteroatoms. The number of hydrogen-bond acceptors (Lipinski definition) is 4. The number of hydrogen-bond donors (Lipinski definition) is 3. The molecule has 0 fully saturated rings. The number of carbonyl (C=O) groups excluding carboxylic acids is 3. The van der Waals surface area contributed by atoms with Gasteiger partial charge in [-0.25, -0.2) is 0 Å². The molecule has 0 bridgehead atoms. The van der Waals surface area contributed by atoms with Gasteiger partial charge in [0.25, 0.3) is 11.8 Å². The maximum absolute atomic E-state index is 12.0. The lowest BCUT2D eigenvalue weighted by Gasteiger charge is -2.09. The Morgan fingerprint density at radius 1 is 0.862 bits per heavy atom. The molecule has 7 nitrogen and oxygen atoms in total. The van der Waals surface area contributed by atoms with E-state index in [0.717, 1.165) is 5.56 Å². The van der Waals surface area contributed by atoms with Gasteiger partial charge in [-0.2, -0.15) is 0 Å². The van der Waals surface area contributed by atoms with Crippen molar-refractivity contribution in [1.29, 1.82) is 0 Å². The van der Waals surface area contributed by atoms with E-state index in [0.29, 0.717) is 16.3 Å². The summed E-state index contributed by atoms with van der Waals surface area (Å²) in [5.41, 5.74) is 1.76. The first-order valence-corrected chi connectivity index (χ1v) is 9.14. The minimum atomic E-state index is -0.414. The first-order valence-electron chi connectivity index (χ1n) is 8.76. The van der Waals surface area contributed by atoms with Crippen molar-refractivity contribution in [3.63, 3.8) is 0 Å². The van der Waals surface area contributed by atoms with Crippen molar-refractivity contribution in [3.8, 4) is 0 Å². The van der Waals surface area contributed by atoms with Crippen LogP contribution in [0.15, 0.2) is 71.3 Å². The van der Waals surface area contributed by atoms with E-state index < -0.39 is 5.91 Å². The van der Waals surface area contributed by atoms with E-state index in [1.54, 1.807) is 60.7 Å². The second kappa shape index (κ2) is 9.57. The van der Waals surface area contributed by atoms with Crippen LogP contribution < -0.4 is 16.0 Å². The van der Waals surface area contributed by atoms with E-state index in [9.17, 15) is 14.4 Å². The summed E-state index contributed by atoms with van der Waals surface area (Å²) in [6.07, 6.45) is 1.43. The number of carbonyl (C=O) groups is 3. The highest BCUT2D eigenvalue weighted by Crippen LogP contribution is 2.14. The van der Waals surface area contributed by atoms with Crippen LogP contribution >= 0.6 is 11.6 Å². The number of benzene rings is 2. The summed E-state index contributed by atoms with van der Waals surface area (Å²) in [6.45, 7) is 0.120. The number of nitrogens with one attached hydrogen (secondary N) is 3. The van der Waals surface area contributed by atoms with E-state index in [2.05, 4.69) is 16.0 Å². The van der Waals surface area contributed by atoms with Crippen LogP contribution in [0.25, 0.3) is 0 Å². The third kappa shape index (κ3) is 5.70. The third-order valence-corrected chi connectivity index (χ3v) is 4.30. The second-order valence-electron chi connectivity index (χ2n) is 6.07. The number of anilines is 1. The minimum absolute atomic E-state index is 0.165. The fraction of sp³-hybridized carbons (Fsp3) is 0.0952. The van der Waals surface area contributed by atoms with Crippen LogP contribution in [0.2, 0.25) is 5.02 Å². The average molecular weight is 412 g/mol. The Morgan fingerprint density at radius 2 is 1.62 bits per heavy atom. The normalized spacial score (nSPS) is 10.2. The highest BCUT2D eigenvalue weighted by Gasteiger charge is 2.11. The first kappa shape index (κ1) is 20.2.